The van der Waals surface area contributed by atoms with E-state index in [2.05, 4.69) is 36.4 Å². The lowest BCUT2D eigenvalue weighted by molar-refractivity contribution is 0.0190. The van der Waals surface area contributed by atoms with Gasteiger partial charge in [-0.05, 0) is 12.8 Å². The fraction of sp³-hybridized carbons (Fsp3) is 0.824. The number of halogens is 1. The number of hydrogen-bond acceptors (Lipinski definition) is 7. The smallest absolute Gasteiger partial charge is 0.205 e. The van der Waals surface area contributed by atoms with Crippen LogP contribution in [0.15, 0.2) is 4.99 Å². The Labute approximate surface area is 182 Å². The highest BCUT2D eigenvalue weighted by atomic mass is 127. The minimum absolute atomic E-state index is 0. The average Bonchev–Trinajstić information content (AvgIpc) is 3.36. The lowest BCUT2D eigenvalue weighted by Gasteiger charge is -2.36. The van der Waals surface area contributed by atoms with Crippen molar-refractivity contribution in [1.29, 1.82) is 0 Å². The molecule has 2 aliphatic rings. The van der Waals surface area contributed by atoms with Gasteiger partial charge in [0, 0.05) is 64.3 Å². The SMILES string of the molecule is CCc1nsc(N2CCN(C(=NC)NCCOCC3CCCO3)CC2)n1.I. The zero-order chi connectivity index (χ0) is 18.2. The average molecular weight is 510 g/mol. The second kappa shape index (κ2) is 12.0. The van der Waals surface area contributed by atoms with Gasteiger partial charge in [0.2, 0.25) is 5.13 Å². The van der Waals surface area contributed by atoms with Crippen molar-refractivity contribution < 1.29 is 9.47 Å². The molecule has 0 radical (unpaired) electrons. The summed E-state index contributed by atoms with van der Waals surface area (Å²) in [5.41, 5.74) is 0. The molecule has 0 aromatic carbocycles. The molecule has 27 heavy (non-hydrogen) atoms. The highest BCUT2D eigenvalue weighted by molar-refractivity contribution is 14.0. The summed E-state index contributed by atoms with van der Waals surface area (Å²) < 4.78 is 15.6. The maximum absolute atomic E-state index is 5.70. The highest BCUT2D eigenvalue weighted by Gasteiger charge is 2.22. The maximum Gasteiger partial charge on any atom is 0.205 e. The monoisotopic (exact) mass is 510 g/mol. The molecule has 2 fully saturated rings. The first-order valence-corrected chi connectivity index (χ1v) is 10.3. The summed E-state index contributed by atoms with van der Waals surface area (Å²) in [6, 6.07) is 0. The first-order chi connectivity index (χ1) is 12.8. The van der Waals surface area contributed by atoms with Gasteiger partial charge in [0.25, 0.3) is 0 Å². The van der Waals surface area contributed by atoms with Crippen LogP contribution < -0.4 is 10.2 Å². The number of aryl methyl sites for hydroxylation is 1. The molecule has 2 aliphatic heterocycles. The molecular formula is C17H31IN6O2S. The standard InChI is InChI=1S/C17H30N6O2S.HI/c1-3-15-20-17(26-21-15)23-9-7-22(8-10-23)16(18-2)19-6-12-24-13-14-5-4-11-25-14;/h14H,3-13H2,1-2H3,(H,18,19);1H. The zero-order valence-corrected chi connectivity index (χ0v) is 19.4. The fourth-order valence-corrected chi connectivity index (χ4v) is 3.99. The number of guanidine groups is 1. The lowest BCUT2D eigenvalue weighted by Crippen LogP contribution is -2.53. The minimum atomic E-state index is 0. The molecule has 0 saturated carbocycles. The molecule has 10 heteroatoms. The Balaban J connectivity index is 0.00000261. The number of anilines is 1. The number of hydrogen-bond donors (Lipinski definition) is 1. The molecule has 0 spiro atoms. The molecule has 3 rings (SSSR count). The second-order valence-corrected chi connectivity index (χ2v) is 7.24. The van der Waals surface area contributed by atoms with Gasteiger partial charge in [0.05, 0.1) is 19.3 Å². The number of nitrogens with one attached hydrogen (secondary N) is 1. The van der Waals surface area contributed by atoms with E-state index in [1.807, 2.05) is 7.05 Å². The van der Waals surface area contributed by atoms with E-state index in [4.69, 9.17) is 9.47 Å². The van der Waals surface area contributed by atoms with Crippen molar-refractivity contribution in [1.82, 2.24) is 19.6 Å². The third kappa shape index (κ3) is 6.68. The van der Waals surface area contributed by atoms with Crippen LogP contribution in [-0.4, -0.2) is 85.9 Å². The van der Waals surface area contributed by atoms with E-state index in [9.17, 15) is 0 Å². The predicted molar refractivity (Wildman–Crippen MR) is 120 cm³/mol. The molecule has 1 atom stereocenters. The number of piperazine rings is 1. The molecule has 1 aromatic heterocycles. The summed E-state index contributed by atoms with van der Waals surface area (Å²) in [7, 11) is 1.83. The van der Waals surface area contributed by atoms with Crippen LogP contribution in [0.4, 0.5) is 5.13 Å². The van der Waals surface area contributed by atoms with Gasteiger partial charge in [0.15, 0.2) is 5.96 Å². The van der Waals surface area contributed by atoms with Gasteiger partial charge in [-0.3, -0.25) is 4.99 Å². The molecule has 1 unspecified atom stereocenters. The van der Waals surface area contributed by atoms with Crippen molar-refractivity contribution in [3.63, 3.8) is 0 Å². The first-order valence-electron chi connectivity index (χ1n) is 9.52. The fourth-order valence-electron chi connectivity index (χ4n) is 3.18. The van der Waals surface area contributed by atoms with Crippen LogP contribution in [0.3, 0.4) is 0 Å². The maximum atomic E-state index is 5.70. The number of ether oxygens (including phenoxy) is 2. The van der Waals surface area contributed by atoms with Gasteiger partial charge in [-0.2, -0.15) is 4.37 Å². The normalized spacial score (nSPS) is 20.7. The Bertz CT molecular complexity index is 574. The number of aromatic nitrogens is 2. The van der Waals surface area contributed by atoms with Crippen molar-refractivity contribution in [3.8, 4) is 0 Å². The molecule has 0 amide bonds. The quantitative estimate of drug-likeness (QED) is 0.259. The van der Waals surface area contributed by atoms with Gasteiger partial charge in [-0.25, -0.2) is 4.98 Å². The van der Waals surface area contributed by atoms with E-state index in [-0.39, 0.29) is 30.1 Å². The van der Waals surface area contributed by atoms with Crippen LogP contribution >= 0.6 is 35.5 Å². The topological polar surface area (TPSA) is 75.1 Å². The molecule has 1 N–H and O–H groups in total. The van der Waals surface area contributed by atoms with Gasteiger partial charge in [-0.15, -0.1) is 24.0 Å². The van der Waals surface area contributed by atoms with Crippen LogP contribution in [0.5, 0.6) is 0 Å². The zero-order valence-electron chi connectivity index (χ0n) is 16.2. The number of rotatable bonds is 7. The van der Waals surface area contributed by atoms with E-state index in [1.165, 1.54) is 11.5 Å². The van der Waals surface area contributed by atoms with Crippen LogP contribution in [0.1, 0.15) is 25.6 Å². The Hall–Kier alpha value is -0.720. The molecule has 0 bridgehead atoms. The third-order valence-electron chi connectivity index (χ3n) is 4.69. The summed E-state index contributed by atoms with van der Waals surface area (Å²) in [6.45, 7) is 8.82. The first kappa shape index (κ1) is 22.6. The molecule has 0 aliphatic carbocycles. The Morgan fingerprint density at radius 1 is 1.37 bits per heavy atom. The van der Waals surface area contributed by atoms with E-state index in [0.717, 1.165) is 75.5 Å². The molecule has 1 aromatic rings. The van der Waals surface area contributed by atoms with Crippen molar-refractivity contribution >= 4 is 46.6 Å². The summed E-state index contributed by atoms with van der Waals surface area (Å²) in [5, 5.41) is 4.43. The van der Waals surface area contributed by atoms with Crippen molar-refractivity contribution in [2.45, 2.75) is 32.3 Å². The second-order valence-electron chi connectivity index (χ2n) is 6.50. The number of aliphatic imine (C=N–C) groups is 1. The Morgan fingerprint density at radius 3 is 2.81 bits per heavy atom. The van der Waals surface area contributed by atoms with Gasteiger partial charge in [-0.1, -0.05) is 6.92 Å². The molecule has 3 heterocycles. The third-order valence-corrected chi connectivity index (χ3v) is 5.51. The molecule has 2 saturated heterocycles. The molecule has 154 valence electrons. The highest BCUT2D eigenvalue weighted by Crippen LogP contribution is 2.19. The lowest BCUT2D eigenvalue weighted by atomic mass is 10.2. The van der Waals surface area contributed by atoms with E-state index >= 15 is 0 Å². The Kier molecular flexibility index (Phi) is 10.0. The van der Waals surface area contributed by atoms with Gasteiger partial charge in [0.1, 0.15) is 5.82 Å². The van der Waals surface area contributed by atoms with E-state index in [1.54, 1.807) is 0 Å². The van der Waals surface area contributed by atoms with Crippen molar-refractivity contribution in [2.24, 2.45) is 4.99 Å². The predicted octanol–water partition coefficient (Wildman–Crippen LogP) is 1.61. The molecular weight excluding hydrogens is 479 g/mol. The van der Waals surface area contributed by atoms with Crippen molar-refractivity contribution in [3.05, 3.63) is 5.82 Å². The van der Waals surface area contributed by atoms with Crippen LogP contribution in [0.2, 0.25) is 0 Å². The van der Waals surface area contributed by atoms with E-state index in [0.29, 0.717) is 13.2 Å². The van der Waals surface area contributed by atoms with E-state index < -0.39 is 0 Å². The largest absolute Gasteiger partial charge is 0.377 e. The number of nitrogens with zero attached hydrogens (tertiary/aromatic N) is 5. The van der Waals surface area contributed by atoms with Crippen LogP contribution in [-0.2, 0) is 15.9 Å². The Morgan fingerprint density at radius 2 is 2.19 bits per heavy atom. The van der Waals surface area contributed by atoms with Crippen LogP contribution in [0, 0.1) is 0 Å². The summed E-state index contributed by atoms with van der Waals surface area (Å²) >= 11 is 1.50. The summed E-state index contributed by atoms with van der Waals surface area (Å²) in [6.07, 6.45) is 3.45. The molecule has 8 nitrogen and oxygen atoms in total. The summed E-state index contributed by atoms with van der Waals surface area (Å²) in [5.74, 6) is 1.88. The minimum Gasteiger partial charge on any atom is -0.377 e. The van der Waals surface area contributed by atoms with Crippen LogP contribution in [0.25, 0.3) is 0 Å². The van der Waals surface area contributed by atoms with Crippen molar-refractivity contribution in [2.75, 3.05) is 64.5 Å². The summed E-state index contributed by atoms with van der Waals surface area (Å²) in [4.78, 5) is 13.6. The van der Waals surface area contributed by atoms with Gasteiger partial charge >= 0.3 is 0 Å². The van der Waals surface area contributed by atoms with Gasteiger partial charge < -0.3 is 24.6 Å².